The summed E-state index contributed by atoms with van der Waals surface area (Å²) in [4.78, 5) is 8.76. The van der Waals surface area contributed by atoms with Crippen LogP contribution in [0.3, 0.4) is 0 Å². The Morgan fingerprint density at radius 1 is 0.964 bits per heavy atom. The molecular weight excluding hydrogens is 393 g/mol. The highest BCUT2D eigenvalue weighted by Gasteiger charge is 2.22. The van der Waals surface area contributed by atoms with Gasteiger partial charge in [0.2, 0.25) is 0 Å². The number of aryl methyl sites for hydroxylation is 1. The largest absolute Gasteiger partial charge is 0.505 e. The number of hydrogen-bond acceptors (Lipinski definition) is 4. The third kappa shape index (κ3) is 3.61. The molecule has 0 aliphatic heterocycles. The first kappa shape index (κ1) is 18.5. The van der Waals surface area contributed by atoms with Gasteiger partial charge < -0.3 is 10.4 Å². The van der Waals surface area contributed by atoms with Crippen molar-refractivity contribution < 1.29 is 5.11 Å². The van der Waals surface area contributed by atoms with E-state index in [0.717, 1.165) is 16.5 Å². The number of halogens is 2. The van der Waals surface area contributed by atoms with Gasteiger partial charge in [-0.25, -0.2) is 4.98 Å². The van der Waals surface area contributed by atoms with Crippen molar-refractivity contribution in [3.05, 3.63) is 93.7 Å². The van der Waals surface area contributed by atoms with E-state index in [9.17, 15) is 5.11 Å². The van der Waals surface area contributed by atoms with Gasteiger partial charge in [-0.05, 0) is 42.3 Å². The Balaban J connectivity index is 1.87. The van der Waals surface area contributed by atoms with Gasteiger partial charge in [-0.3, -0.25) is 4.98 Å². The summed E-state index contributed by atoms with van der Waals surface area (Å²) in [5, 5.41) is 16.2. The molecule has 0 aliphatic rings. The maximum atomic E-state index is 11.0. The van der Waals surface area contributed by atoms with E-state index in [2.05, 4.69) is 15.3 Å². The molecule has 4 nitrogen and oxygen atoms in total. The third-order valence-corrected chi connectivity index (χ3v) is 5.13. The van der Waals surface area contributed by atoms with E-state index in [4.69, 9.17) is 23.2 Å². The van der Waals surface area contributed by atoms with Crippen LogP contribution in [0.4, 0.5) is 5.82 Å². The zero-order valence-corrected chi connectivity index (χ0v) is 16.5. The lowest BCUT2D eigenvalue weighted by Crippen LogP contribution is -2.14. The van der Waals surface area contributed by atoms with Crippen molar-refractivity contribution in [2.75, 3.05) is 5.32 Å². The van der Waals surface area contributed by atoms with Gasteiger partial charge in [-0.2, -0.15) is 0 Å². The van der Waals surface area contributed by atoms with Crippen LogP contribution in [0.2, 0.25) is 10.0 Å². The van der Waals surface area contributed by atoms with Gasteiger partial charge in [0.15, 0.2) is 0 Å². The Labute approximate surface area is 172 Å². The van der Waals surface area contributed by atoms with Crippen molar-refractivity contribution in [1.29, 1.82) is 0 Å². The second-order valence-corrected chi connectivity index (χ2v) is 7.39. The summed E-state index contributed by atoms with van der Waals surface area (Å²) in [5.74, 6) is 0.774. The Hall–Kier alpha value is -2.82. The van der Waals surface area contributed by atoms with E-state index in [-0.39, 0.29) is 5.75 Å². The van der Waals surface area contributed by atoms with Gasteiger partial charge in [-0.1, -0.05) is 53.5 Å². The monoisotopic (exact) mass is 409 g/mol. The Morgan fingerprint density at radius 3 is 2.54 bits per heavy atom. The van der Waals surface area contributed by atoms with Gasteiger partial charge in [-0.15, -0.1) is 0 Å². The number of pyridine rings is 2. The highest BCUT2D eigenvalue weighted by atomic mass is 35.5. The van der Waals surface area contributed by atoms with Crippen molar-refractivity contribution in [2.24, 2.45) is 0 Å². The van der Waals surface area contributed by atoms with Crippen molar-refractivity contribution >= 4 is 39.9 Å². The number of fused-ring (bicyclic) bond motifs is 1. The summed E-state index contributed by atoms with van der Waals surface area (Å²) < 4.78 is 0. The SMILES string of the molecule is Cc1ccc(NC(c2ccc(Cl)cc2Cl)c2ccc3cccnc3c2O)nc1. The summed E-state index contributed by atoms with van der Waals surface area (Å²) in [5.41, 5.74) is 3.02. The minimum Gasteiger partial charge on any atom is -0.505 e. The van der Waals surface area contributed by atoms with E-state index in [1.165, 1.54) is 0 Å². The Kier molecular flexibility index (Phi) is 5.07. The summed E-state index contributed by atoms with van der Waals surface area (Å²) >= 11 is 12.6. The van der Waals surface area contributed by atoms with E-state index in [1.54, 1.807) is 24.5 Å². The summed E-state index contributed by atoms with van der Waals surface area (Å²) in [7, 11) is 0. The van der Waals surface area contributed by atoms with Crippen LogP contribution in [-0.4, -0.2) is 15.1 Å². The second-order valence-electron chi connectivity index (χ2n) is 6.54. The first-order valence-electron chi connectivity index (χ1n) is 8.73. The predicted octanol–water partition coefficient (Wildman–Crippen LogP) is 6.15. The summed E-state index contributed by atoms with van der Waals surface area (Å²) in [6.07, 6.45) is 3.44. The first-order chi connectivity index (χ1) is 13.5. The van der Waals surface area contributed by atoms with E-state index in [0.29, 0.717) is 26.9 Å². The number of aromatic nitrogens is 2. The number of benzene rings is 2. The van der Waals surface area contributed by atoms with Crippen LogP contribution in [-0.2, 0) is 0 Å². The lowest BCUT2D eigenvalue weighted by atomic mass is 9.96. The van der Waals surface area contributed by atoms with Crippen molar-refractivity contribution in [1.82, 2.24) is 9.97 Å². The van der Waals surface area contributed by atoms with Crippen molar-refractivity contribution in [2.45, 2.75) is 13.0 Å². The number of phenolic OH excluding ortho intramolecular Hbond substituents is 1. The molecular formula is C22H17Cl2N3O. The molecule has 4 rings (SSSR count). The Morgan fingerprint density at radius 2 is 1.79 bits per heavy atom. The molecule has 0 radical (unpaired) electrons. The average Bonchev–Trinajstić information content (AvgIpc) is 2.69. The van der Waals surface area contributed by atoms with Gasteiger partial charge in [0.1, 0.15) is 17.1 Å². The van der Waals surface area contributed by atoms with Crippen LogP contribution in [0.15, 0.2) is 67.0 Å². The maximum Gasteiger partial charge on any atom is 0.147 e. The zero-order chi connectivity index (χ0) is 19.7. The van der Waals surface area contributed by atoms with E-state index >= 15 is 0 Å². The minimum atomic E-state index is -0.439. The van der Waals surface area contributed by atoms with Gasteiger partial charge in [0.05, 0.1) is 6.04 Å². The van der Waals surface area contributed by atoms with Gasteiger partial charge >= 0.3 is 0 Å². The molecule has 2 N–H and O–H groups in total. The fraction of sp³-hybridized carbons (Fsp3) is 0.0909. The van der Waals surface area contributed by atoms with Crippen molar-refractivity contribution in [3.63, 3.8) is 0 Å². The molecule has 0 aliphatic carbocycles. The molecule has 0 spiro atoms. The number of aromatic hydroxyl groups is 1. The molecule has 1 unspecified atom stereocenters. The fourth-order valence-corrected chi connectivity index (χ4v) is 3.66. The number of anilines is 1. The standard InChI is InChI=1S/C22H17Cl2N3O/c1-13-4-9-19(26-12-13)27-21(16-8-6-15(23)11-18(16)24)17-7-5-14-3-2-10-25-20(14)22(17)28/h2-12,21,28H,1H3,(H,26,27). The van der Waals surface area contributed by atoms with Gasteiger partial charge in [0.25, 0.3) is 0 Å². The fourth-order valence-electron chi connectivity index (χ4n) is 3.14. The molecule has 0 fully saturated rings. The minimum absolute atomic E-state index is 0.105. The molecule has 0 saturated carbocycles. The number of rotatable bonds is 4. The van der Waals surface area contributed by atoms with Gasteiger partial charge in [0, 0.05) is 33.4 Å². The molecule has 0 amide bonds. The molecule has 140 valence electrons. The normalized spacial score (nSPS) is 12.1. The zero-order valence-electron chi connectivity index (χ0n) is 15.0. The molecule has 0 saturated heterocycles. The maximum absolute atomic E-state index is 11.0. The molecule has 6 heteroatoms. The Bertz CT molecular complexity index is 1150. The molecule has 2 aromatic carbocycles. The molecule has 4 aromatic rings. The number of nitrogens with one attached hydrogen (secondary N) is 1. The second kappa shape index (κ2) is 7.66. The first-order valence-corrected chi connectivity index (χ1v) is 9.49. The van der Waals surface area contributed by atoms with E-state index in [1.807, 2.05) is 49.4 Å². The quantitative estimate of drug-likeness (QED) is 0.424. The lowest BCUT2D eigenvalue weighted by Gasteiger charge is -2.23. The number of nitrogens with zero attached hydrogens (tertiary/aromatic N) is 2. The average molecular weight is 410 g/mol. The smallest absolute Gasteiger partial charge is 0.147 e. The van der Waals surface area contributed by atoms with Crippen LogP contribution in [0.1, 0.15) is 22.7 Å². The molecule has 2 aromatic heterocycles. The molecule has 28 heavy (non-hydrogen) atoms. The topological polar surface area (TPSA) is 58.0 Å². The molecule has 2 heterocycles. The van der Waals surface area contributed by atoms with Crippen molar-refractivity contribution in [3.8, 4) is 5.75 Å². The highest BCUT2D eigenvalue weighted by Crippen LogP contribution is 2.39. The summed E-state index contributed by atoms with van der Waals surface area (Å²) in [6, 6.07) is 16.3. The van der Waals surface area contributed by atoms with Crippen LogP contribution < -0.4 is 5.32 Å². The highest BCUT2D eigenvalue weighted by molar-refractivity contribution is 6.35. The van der Waals surface area contributed by atoms with Crippen LogP contribution in [0.25, 0.3) is 10.9 Å². The number of hydrogen-bond donors (Lipinski definition) is 2. The molecule has 0 bridgehead atoms. The van der Waals surface area contributed by atoms with Crippen LogP contribution in [0.5, 0.6) is 5.75 Å². The summed E-state index contributed by atoms with van der Waals surface area (Å²) in [6.45, 7) is 1.98. The van der Waals surface area contributed by atoms with Crippen LogP contribution in [0, 0.1) is 6.92 Å². The predicted molar refractivity (Wildman–Crippen MR) is 114 cm³/mol. The molecule has 1 atom stereocenters. The number of phenols is 1. The van der Waals surface area contributed by atoms with E-state index < -0.39 is 6.04 Å². The third-order valence-electron chi connectivity index (χ3n) is 4.57. The lowest BCUT2D eigenvalue weighted by molar-refractivity contribution is 0.471. The van der Waals surface area contributed by atoms with Crippen LogP contribution >= 0.6 is 23.2 Å².